The van der Waals surface area contributed by atoms with E-state index in [1.165, 1.54) is 0 Å². The van der Waals surface area contributed by atoms with Gasteiger partial charge < -0.3 is 9.67 Å². The fourth-order valence-corrected chi connectivity index (χ4v) is 1.41. The minimum atomic E-state index is 0.332. The number of para-hydroxylation sites is 1. The number of phenols is 1. The van der Waals surface area contributed by atoms with Crippen molar-refractivity contribution < 1.29 is 5.11 Å². The standard InChI is InChI=1S/C11H12N2O/c1-13-7-10(12-8-13)6-9-4-2-3-5-11(9)14/h2-5,7-8,14H,6H2,1H3. The van der Waals surface area contributed by atoms with Gasteiger partial charge in [0.1, 0.15) is 5.75 Å². The number of hydrogen-bond acceptors (Lipinski definition) is 2. The number of benzene rings is 1. The van der Waals surface area contributed by atoms with Crippen molar-refractivity contribution in [2.75, 3.05) is 0 Å². The molecular formula is C11H12N2O. The number of nitrogens with zero attached hydrogens (tertiary/aromatic N) is 2. The lowest BCUT2D eigenvalue weighted by atomic mass is 10.1. The summed E-state index contributed by atoms with van der Waals surface area (Å²) in [6, 6.07) is 7.33. The maximum Gasteiger partial charge on any atom is 0.119 e. The first-order valence-electron chi connectivity index (χ1n) is 4.49. The van der Waals surface area contributed by atoms with E-state index in [2.05, 4.69) is 4.98 Å². The van der Waals surface area contributed by atoms with E-state index in [-0.39, 0.29) is 0 Å². The van der Waals surface area contributed by atoms with Crippen LogP contribution in [0.3, 0.4) is 0 Å². The van der Waals surface area contributed by atoms with Gasteiger partial charge in [0.2, 0.25) is 0 Å². The molecule has 1 aromatic heterocycles. The molecule has 72 valence electrons. The average molecular weight is 188 g/mol. The quantitative estimate of drug-likeness (QED) is 0.779. The number of aromatic nitrogens is 2. The normalized spacial score (nSPS) is 10.4. The summed E-state index contributed by atoms with van der Waals surface area (Å²) in [5.74, 6) is 0.332. The zero-order valence-electron chi connectivity index (χ0n) is 8.01. The molecule has 3 heteroatoms. The molecule has 2 rings (SSSR count). The lowest BCUT2D eigenvalue weighted by molar-refractivity contribution is 0.469. The second kappa shape index (κ2) is 3.54. The third-order valence-corrected chi connectivity index (χ3v) is 2.12. The van der Waals surface area contributed by atoms with Crippen LogP contribution in [0.15, 0.2) is 36.8 Å². The first kappa shape index (κ1) is 8.81. The highest BCUT2D eigenvalue weighted by Gasteiger charge is 2.02. The molecule has 14 heavy (non-hydrogen) atoms. The Morgan fingerprint density at radius 3 is 2.79 bits per heavy atom. The van der Waals surface area contributed by atoms with Crippen LogP contribution in [0.25, 0.3) is 0 Å². The molecule has 1 N–H and O–H groups in total. The third kappa shape index (κ3) is 1.76. The molecule has 0 amide bonds. The van der Waals surface area contributed by atoms with Crippen molar-refractivity contribution in [2.24, 2.45) is 7.05 Å². The van der Waals surface area contributed by atoms with Crippen LogP contribution in [0.4, 0.5) is 0 Å². The predicted octanol–water partition coefficient (Wildman–Crippen LogP) is 1.72. The zero-order chi connectivity index (χ0) is 9.97. The summed E-state index contributed by atoms with van der Waals surface area (Å²) in [6.45, 7) is 0. The van der Waals surface area contributed by atoms with Crippen molar-refractivity contribution in [2.45, 2.75) is 6.42 Å². The van der Waals surface area contributed by atoms with Gasteiger partial charge in [-0.1, -0.05) is 18.2 Å². The maximum absolute atomic E-state index is 9.54. The molecule has 0 spiro atoms. The fraction of sp³-hybridized carbons (Fsp3) is 0.182. The Bertz CT molecular complexity index is 434. The van der Waals surface area contributed by atoms with Gasteiger partial charge in [0.15, 0.2) is 0 Å². The van der Waals surface area contributed by atoms with Gasteiger partial charge in [0.25, 0.3) is 0 Å². The smallest absolute Gasteiger partial charge is 0.119 e. The third-order valence-electron chi connectivity index (χ3n) is 2.12. The van der Waals surface area contributed by atoms with Crippen molar-refractivity contribution in [3.8, 4) is 5.75 Å². The van der Waals surface area contributed by atoms with Crippen LogP contribution in [0.2, 0.25) is 0 Å². The molecule has 3 nitrogen and oxygen atoms in total. The predicted molar refractivity (Wildman–Crippen MR) is 54.1 cm³/mol. The minimum absolute atomic E-state index is 0.332. The molecule has 0 saturated heterocycles. The number of aryl methyl sites for hydroxylation is 1. The molecule has 0 aliphatic rings. The maximum atomic E-state index is 9.54. The average Bonchev–Trinajstić information content (AvgIpc) is 2.56. The van der Waals surface area contributed by atoms with E-state index in [0.717, 1.165) is 11.3 Å². The van der Waals surface area contributed by atoms with Crippen LogP contribution < -0.4 is 0 Å². The number of hydrogen-bond donors (Lipinski definition) is 1. The molecule has 0 fully saturated rings. The minimum Gasteiger partial charge on any atom is -0.508 e. The van der Waals surface area contributed by atoms with Gasteiger partial charge in [-0.25, -0.2) is 4.98 Å². The van der Waals surface area contributed by atoms with Crippen LogP contribution in [0.1, 0.15) is 11.3 Å². The number of aromatic hydroxyl groups is 1. The molecule has 0 radical (unpaired) electrons. The SMILES string of the molecule is Cn1cnc(Cc2ccccc2O)c1. The van der Waals surface area contributed by atoms with E-state index in [1.807, 2.05) is 36.0 Å². The van der Waals surface area contributed by atoms with Gasteiger partial charge in [-0.05, 0) is 11.6 Å². The molecule has 0 bridgehead atoms. The molecule has 1 heterocycles. The number of imidazole rings is 1. The van der Waals surface area contributed by atoms with Crippen LogP contribution in [-0.2, 0) is 13.5 Å². The van der Waals surface area contributed by atoms with Crippen molar-refractivity contribution in [1.29, 1.82) is 0 Å². The van der Waals surface area contributed by atoms with Crippen molar-refractivity contribution >= 4 is 0 Å². The largest absolute Gasteiger partial charge is 0.508 e. The summed E-state index contributed by atoms with van der Waals surface area (Å²) in [5, 5.41) is 9.54. The molecule has 0 aliphatic carbocycles. The Morgan fingerprint density at radius 1 is 1.36 bits per heavy atom. The lowest BCUT2D eigenvalue weighted by Crippen LogP contribution is -1.88. The van der Waals surface area contributed by atoms with Crippen LogP contribution >= 0.6 is 0 Å². The molecular weight excluding hydrogens is 176 g/mol. The molecule has 0 atom stereocenters. The van der Waals surface area contributed by atoms with Gasteiger partial charge >= 0.3 is 0 Å². The Morgan fingerprint density at radius 2 is 2.14 bits per heavy atom. The van der Waals surface area contributed by atoms with Gasteiger partial charge in [-0.3, -0.25) is 0 Å². The van der Waals surface area contributed by atoms with E-state index in [1.54, 1.807) is 12.4 Å². The van der Waals surface area contributed by atoms with Gasteiger partial charge in [0.05, 0.1) is 12.0 Å². The molecule has 0 aliphatic heterocycles. The Hall–Kier alpha value is -1.77. The zero-order valence-corrected chi connectivity index (χ0v) is 8.01. The summed E-state index contributed by atoms with van der Waals surface area (Å²) in [7, 11) is 1.93. The molecule has 2 aromatic rings. The summed E-state index contributed by atoms with van der Waals surface area (Å²) >= 11 is 0. The molecule has 0 saturated carbocycles. The monoisotopic (exact) mass is 188 g/mol. The van der Waals surface area contributed by atoms with Crippen LogP contribution in [0, 0.1) is 0 Å². The summed E-state index contributed by atoms with van der Waals surface area (Å²) in [4.78, 5) is 4.20. The number of phenolic OH excluding ortho intramolecular Hbond substituents is 1. The molecule has 0 unspecified atom stereocenters. The highest BCUT2D eigenvalue weighted by atomic mass is 16.3. The van der Waals surface area contributed by atoms with Gasteiger partial charge in [0, 0.05) is 19.7 Å². The van der Waals surface area contributed by atoms with Gasteiger partial charge in [-0.2, -0.15) is 0 Å². The Kier molecular flexibility index (Phi) is 2.23. The van der Waals surface area contributed by atoms with Crippen molar-refractivity contribution in [3.63, 3.8) is 0 Å². The van der Waals surface area contributed by atoms with Crippen LogP contribution in [-0.4, -0.2) is 14.7 Å². The highest BCUT2D eigenvalue weighted by Crippen LogP contribution is 2.18. The van der Waals surface area contributed by atoms with E-state index in [0.29, 0.717) is 12.2 Å². The van der Waals surface area contributed by atoms with Crippen molar-refractivity contribution in [3.05, 3.63) is 48.0 Å². The van der Waals surface area contributed by atoms with E-state index >= 15 is 0 Å². The topological polar surface area (TPSA) is 38.0 Å². The second-order valence-corrected chi connectivity index (χ2v) is 3.34. The van der Waals surface area contributed by atoms with E-state index in [9.17, 15) is 5.11 Å². The van der Waals surface area contributed by atoms with Crippen molar-refractivity contribution in [1.82, 2.24) is 9.55 Å². The Labute approximate surface area is 82.7 Å². The van der Waals surface area contributed by atoms with E-state index in [4.69, 9.17) is 0 Å². The molecule has 1 aromatic carbocycles. The number of rotatable bonds is 2. The first-order chi connectivity index (χ1) is 6.75. The summed E-state index contributed by atoms with van der Waals surface area (Å²) in [5.41, 5.74) is 1.88. The van der Waals surface area contributed by atoms with Gasteiger partial charge in [-0.15, -0.1) is 0 Å². The lowest BCUT2D eigenvalue weighted by Gasteiger charge is -2.00. The van der Waals surface area contributed by atoms with Crippen LogP contribution in [0.5, 0.6) is 5.75 Å². The highest BCUT2D eigenvalue weighted by molar-refractivity contribution is 5.34. The summed E-state index contributed by atoms with van der Waals surface area (Å²) < 4.78 is 1.90. The summed E-state index contributed by atoms with van der Waals surface area (Å²) in [6.07, 6.45) is 4.38. The van der Waals surface area contributed by atoms with E-state index < -0.39 is 0 Å². The first-order valence-corrected chi connectivity index (χ1v) is 4.49. The fourth-order valence-electron chi connectivity index (χ4n) is 1.41. The second-order valence-electron chi connectivity index (χ2n) is 3.34. The Balaban J connectivity index is 2.23.